The molecular weight excluding hydrogens is 330 g/mol. The van der Waals surface area contributed by atoms with Gasteiger partial charge in [-0.3, -0.25) is 4.99 Å². The van der Waals surface area contributed by atoms with Crippen LogP contribution in [0, 0.1) is 0 Å². The van der Waals surface area contributed by atoms with E-state index in [0.29, 0.717) is 25.3 Å². The van der Waals surface area contributed by atoms with Crippen molar-refractivity contribution in [2.45, 2.75) is 18.9 Å². The van der Waals surface area contributed by atoms with Gasteiger partial charge < -0.3 is 25.2 Å². The first-order valence-electron chi connectivity index (χ1n) is 8.74. The molecule has 1 unspecified atom stereocenters. The van der Waals surface area contributed by atoms with Crippen LogP contribution < -0.4 is 20.1 Å². The number of fused-ring (bicyclic) bond motifs is 1. The third kappa shape index (κ3) is 4.39. The Bertz CT molecular complexity index is 752. The second-order valence-electron chi connectivity index (χ2n) is 6.18. The van der Waals surface area contributed by atoms with Gasteiger partial charge in [-0.25, -0.2) is 0 Å². The van der Waals surface area contributed by atoms with E-state index >= 15 is 0 Å². The number of aromatic hydroxyl groups is 1. The molecule has 138 valence electrons. The maximum absolute atomic E-state index is 10.0. The molecule has 0 fully saturated rings. The molecule has 0 radical (unpaired) electrons. The highest BCUT2D eigenvalue weighted by atomic mass is 16.5. The van der Waals surface area contributed by atoms with Gasteiger partial charge in [0.15, 0.2) is 5.96 Å². The van der Waals surface area contributed by atoms with Crippen LogP contribution in [0.3, 0.4) is 0 Å². The summed E-state index contributed by atoms with van der Waals surface area (Å²) >= 11 is 0. The second-order valence-corrected chi connectivity index (χ2v) is 6.18. The van der Waals surface area contributed by atoms with Crippen molar-refractivity contribution in [2.24, 2.45) is 4.99 Å². The molecule has 0 saturated heterocycles. The highest BCUT2D eigenvalue weighted by Crippen LogP contribution is 2.27. The predicted octanol–water partition coefficient (Wildman–Crippen LogP) is 2.11. The van der Waals surface area contributed by atoms with Crippen molar-refractivity contribution >= 4 is 5.96 Å². The van der Waals surface area contributed by atoms with Crippen molar-refractivity contribution in [3.8, 4) is 17.2 Å². The normalized spacial score (nSPS) is 15.9. The van der Waals surface area contributed by atoms with E-state index in [1.165, 1.54) is 5.56 Å². The lowest BCUT2D eigenvalue weighted by Gasteiger charge is -2.16. The average Bonchev–Trinajstić information content (AvgIpc) is 3.08. The maximum Gasteiger partial charge on any atom is 0.191 e. The average molecular weight is 355 g/mol. The van der Waals surface area contributed by atoms with E-state index < -0.39 is 0 Å². The molecule has 6 nitrogen and oxygen atoms in total. The Morgan fingerprint density at radius 1 is 1.27 bits per heavy atom. The van der Waals surface area contributed by atoms with Crippen molar-refractivity contribution in [3.05, 3.63) is 53.6 Å². The Morgan fingerprint density at radius 3 is 2.85 bits per heavy atom. The molecule has 0 aromatic heterocycles. The molecule has 26 heavy (non-hydrogen) atoms. The van der Waals surface area contributed by atoms with Crippen LogP contribution in [0.5, 0.6) is 17.2 Å². The largest absolute Gasteiger partial charge is 0.508 e. The van der Waals surface area contributed by atoms with E-state index in [1.54, 1.807) is 20.2 Å². The fourth-order valence-electron chi connectivity index (χ4n) is 3.00. The van der Waals surface area contributed by atoms with Crippen molar-refractivity contribution in [3.63, 3.8) is 0 Å². The van der Waals surface area contributed by atoms with Crippen molar-refractivity contribution < 1.29 is 14.6 Å². The van der Waals surface area contributed by atoms with E-state index in [0.717, 1.165) is 23.7 Å². The number of hydrogen-bond donors (Lipinski definition) is 3. The molecule has 1 aliphatic rings. The lowest BCUT2D eigenvalue weighted by atomic mass is 10.1. The maximum atomic E-state index is 10.0. The smallest absolute Gasteiger partial charge is 0.191 e. The molecular formula is C20H25N3O3. The Hall–Kier alpha value is -2.89. The molecule has 1 aliphatic heterocycles. The summed E-state index contributed by atoms with van der Waals surface area (Å²) in [6, 6.07) is 13.5. The standard InChI is InChI=1S/C20H25N3O3/c1-21-20(22-10-9-14-7-8-16(25-2)12-18(14)24)23-13-17-11-15-5-3-4-6-19(15)26-17/h3-8,12,17,24H,9-11,13H2,1-2H3,(H2,21,22,23). The zero-order valence-corrected chi connectivity index (χ0v) is 15.2. The first-order valence-corrected chi connectivity index (χ1v) is 8.74. The summed E-state index contributed by atoms with van der Waals surface area (Å²) in [5.41, 5.74) is 2.11. The molecule has 2 aromatic rings. The zero-order valence-electron chi connectivity index (χ0n) is 15.2. The number of nitrogens with one attached hydrogen (secondary N) is 2. The summed E-state index contributed by atoms with van der Waals surface area (Å²) in [6.45, 7) is 1.34. The third-order valence-electron chi connectivity index (χ3n) is 4.41. The molecule has 1 atom stereocenters. The van der Waals surface area contributed by atoms with Gasteiger partial charge in [0.25, 0.3) is 0 Å². The Kier molecular flexibility index (Phi) is 5.84. The minimum atomic E-state index is 0.108. The van der Waals surface area contributed by atoms with Crippen LogP contribution in [0.1, 0.15) is 11.1 Å². The number of phenols is 1. The number of ether oxygens (including phenoxy) is 2. The Morgan fingerprint density at radius 2 is 2.12 bits per heavy atom. The lowest BCUT2D eigenvalue weighted by Crippen LogP contribution is -2.42. The van der Waals surface area contributed by atoms with E-state index in [4.69, 9.17) is 9.47 Å². The van der Waals surface area contributed by atoms with Crippen LogP contribution in [0.15, 0.2) is 47.5 Å². The number of hydrogen-bond acceptors (Lipinski definition) is 4. The highest BCUT2D eigenvalue weighted by Gasteiger charge is 2.22. The molecule has 0 saturated carbocycles. The molecule has 3 rings (SSSR count). The monoisotopic (exact) mass is 355 g/mol. The van der Waals surface area contributed by atoms with Gasteiger partial charge in [-0.15, -0.1) is 0 Å². The summed E-state index contributed by atoms with van der Waals surface area (Å²) < 4.78 is 11.0. The minimum absolute atomic E-state index is 0.108. The Balaban J connectivity index is 1.43. The van der Waals surface area contributed by atoms with E-state index in [9.17, 15) is 5.11 Å². The van der Waals surface area contributed by atoms with Crippen molar-refractivity contribution in [1.29, 1.82) is 0 Å². The van der Waals surface area contributed by atoms with Gasteiger partial charge in [0, 0.05) is 26.1 Å². The van der Waals surface area contributed by atoms with Crippen LogP contribution >= 0.6 is 0 Å². The molecule has 6 heteroatoms. The zero-order chi connectivity index (χ0) is 18.4. The molecule has 1 heterocycles. The number of benzene rings is 2. The van der Waals surface area contributed by atoms with Crippen LogP contribution in [0.25, 0.3) is 0 Å². The minimum Gasteiger partial charge on any atom is -0.508 e. The van der Waals surface area contributed by atoms with Crippen LogP contribution in [-0.4, -0.2) is 44.4 Å². The molecule has 0 aliphatic carbocycles. The predicted molar refractivity (Wildman–Crippen MR) is 102 cm³/mol. The highest BCUT2D eigenvalue weighted by molar-refractivity contribution is 5.79. The molecule has 0 spiro atoms. The number of phenolic OH excluding ortho intramolecular Hbond substituents is 1. The van der Waals surface area contributed by atoms with Crippen LogP contribution in [-0.2, 0) is 12.8 Å². The molecule has 0 bridgehead atoms. The quantitative estimate of drug-likeness (QED) is 0.547. The second kappa shape index (κ2) is 8.47. The van der Waals surface area contributed by atoms with Gasteiger partial charge in [0.05, 0.1) is 13.7 Å². The molecule has 2 aromatic carbocycles. The van der Waals surface area contributed by atoms with E-state index in [1.807, 2.05) is 30.3 Å². The van der Waals surface area contributed by atoms with Gasteiger partial charge >= 0.3 is 0 Å². The first kappa shape index (κ1) is 17.9. The van der Waals surface area contributed by atoms with Crippen LogP contribution in [0.4, 0.5) is 0 Å². The van der Waals surface area contributed by atoms with E-state index in [-0.39, 0.29) is 11.9 Å². The number of guanidine groups is 1. The van der Waals surface area contributed by atoms with Gasteiger partial charge in [0.1, 0.15) is 23.4 Å². The summed E-state index contributed by atoms with van der Waals surface area (Å²) in [7, 11) is 3.32. The fourth-order valence-corrected chi connectivity index (χ4v) is 3.00. The SMILES string of the molecule is CN=C(NCCc1ccc(OC)cc1O)NCC1Cc2ccccc2O1. The number of aliphatic imine (C=N–C) groups is 1. The van der Waals surface area contributed by atoms with E-state index in [2.05, 4.69) is 21.7 Å². The van der Waals surface area contributed by atoms with Crippen LogP contribution in [0.2, 0.25) is 0 Å². The summed E-state index contributed by atoms with van der Waals surface area (Å²) in [5, 5.41) is 16.6. The van der Waals surface area contributed by atoms with Gasteiger partial charge in [-0.1, -0.05) is 24.3 Å². The fraction of sp³-hybridized carbons (Fsp3) is 0.350. The molecule has 3 N–H and O–H groups in total. The summed E-state index contributed by atoms with van der Waals surface area (Å²) in [6.07, 6.45) is 1.69. The first-order chi connectivity index (χ1) is 12.7. The van der Waals surface area contributed by atoms with Gasteiger partial charge in [-0.2, -0.15) is 0 Å². The van der Waals surface area contributed by atoms with Gasteiger partial charge in [0.2, 0.25) is 0 Å². The van der Waals surface area contributed by atoms with Gasteiger partial charge in [-0.05, 0) is 29.7 Å². The number of rotatable bonds is 6. The summed E-state index contributed by atoms with van der Waals surface area (Å²) in [4.78, 5) is 4.24. The number of nitrogens with zero attached hydrogens (tertiary/aromatic N) is 1. The summed E-state index contributed by atoms with van der Waals surface area (Å²) in [5.74, 6) is 2.58. The number of methoxy groups -OCH3 is 1. The topological polar surface area (TPSA) is 75.1 Å². The van der Waals surface area contributed by atoms with Crippen molar-refractivity contribution in [2.75, 3.05) is 27.2 Å². The number of para-hydroxylation sites is 1. The Labute approximate surface area is 153 Å². The third-order valence-corrected chi connectivity index (χ3v) is 4.41. The lowest BCUT2D eigenvalue weighted by molar-refractivity contribution is 0.235. The van der Waals surface area contributed by atoms with Crippen molar-refractivity contribution in [1.82, 2.24) is 10.6 Å². The molecule has 0 amide bonds.